The van der Waals surface area contributed by atoms with Gasteiger partial charge in [0.15, 0.2) is 5.75 Å². The number of aryl methyl sites for hydroxylation is 3. The monoisotopic (exact) mass is 367 g/mol. The predicted molar refractivity (Wildman–Crippen MR) is 102 cm³/mol. The Kier molecular flexibility index (Phi) is 4.13. The fourth-order valence-electron chi connectivity index (χ4n) is 3.86. The van der Waals surface area contributed by atoms with Crippen LogP contribution >= 0.6 is 0 Å². The largest absolute Gasteiger partial charge is 0.483 e. The van der Waals surface area contributed by atoms with Gasteiger partial charge in [0.1, 0.15) is 23.3 Å². The first-order valence-electron chi connectivity index (χ1n) is 9.04. The highest BCUT2D eigenvalue weighted by Gasteiger charge is 2.30. The molecule has 1 amide bonds. The molecule has 5 nitrogen and oxygen atoms in total. The van der Waals surface area contributed by atoms with E-state index in [1.807, 2.05) is 31.5 Å². The Bertz CT molecular complexity index is 1070. The van der Waals surface area contributed by atoms with Crippen molar-refractivity contribution in [2.45, 2.75) is 32.8 Å². The third-order valence-corrected chi connectivity index (χ3v) is 5.43. The van der Waals surface area contributed by atoms with Gasteiger partial charge in [0, 0.05) is 25.2 Å². The summed E-state index contributed by atoms with van der Waals surface area (Å²) in [7, 11) is 3.55. The minimum absolute atomic E-state index is 0.132. The summed E-state index contributed by atoms with van der Waals surface area (Å²) in [5.41, 5.74) is 4.96. The Labute approximate surface area is 157 Å². The maximum absolute atomic E-state index is 13.5. The van der Waals surface area contributed by atoms with E-state index in [4.69, 9.17) is 4.74 Å². The van der Waals surface area contributed by atoms with Crippen molar-refractivity contribution in [2.24, 2.45) is 7.05 Å². The van der Waals surface area contributed by atoms with E-state index < -0.39 is 0 Å². The van der Waals surface area contributed by atoms with Crippen molar-refractivity contribution in [3.8, 4) is 5.75 Å². The van der Waals surface area contributed by atoms with Gasteiger partial charge in [-0.15, -0.1) is 0 Å². The van der Waals surface area contributed by atoms with Crippen molar-refractivity contribution >= 4 is 16.9 Å². The normalized spacial score (nSPS) is 16.1. The summed E-state index contributed by atoms with van der Waals surface area (Å²) in [6.45, 7) is 3.81. The number of hydrogen-bond acceptors (Lipinski definition) is 3. The van der Waals surface area contributed by atoms with Crippen molar-refractivity contribution in [2.75, 3.05) is 7.05 Å². The van der Waals surface area contributed by atoms with Crippen LogP contribution in [0.1, 0.15) is 45.4 Å². The molecule has 1 aromatic heterocycles. The average Bonchev–Trinajstić information content (AvgIpc) is 2.94. The molecule has 2 aromatic carbocycles. The van der Waals surface area contributed by atoms with E-state index >= 15 is 0 Å². The molecule has 1 aliphatic heterocycles. The molecule has 27 heavy (non-hydrogen) atoms. The highest BCUT2D eigenvalue weighted by Crippen LogP contribution is 2.42. The summed E-state index contributed by atoms with van der Waals surface area (Å²) < 4.78 is 21.8. The summed E-state index contributed by atoms with van der Waals surface area (Å²) in [4.78, 5) is 17.1. The highest BCUT2D eigenvalue weighted by atomic mass is 19.1. The van der Waals surface area contributed by atoms with E-state index in [0.29, 0.717) is 17.7 Å². The number of benzene rings is 2. The van der Waals surface area contributed by atoms with E-state index in [2.05, 4.69) is 10.3 Å². The van der Waals surface area contributed by atoms with Crippen molar-refractivity contribution in [1.29, 1.82) is 0 Å². The molecule has 140 valence electrons. The zero-order chi connectivity index (χ0) is 19.3. The number of amides is 1. The van der Waals surface area contributed by atoms with Gasteiger partial charge in [-0.3, -0.25) is 4.79 Å². The zero-order valence-electron chi connectivity index (χ0n) is 15.9. The van der Waals surface area contributed by atoms with Crippen LogP contribution in [-0.4, -0.2) is 22.5 Å². The Morgan fingerprint density at radius 2 is 2.11 bits per heavy atom. The molecule has 2 heterocycles. The number of ether oxygens (including phenoxy) is 1. The third kappa shape index (κ3) is 2.76. The van der Waals surface area contributed by atoms with E-state index in [9.17, 15) is 9.18 Å². The van der Waals surface area contributed by atoms with Crippen LogP contribution < -0.4 is 10.1 Å². The van der Waals surface area contributed by atoms with Gasteiger partial charge >= 0.3 is 0 Å². The molecule has 0 aliphatic carbocycles. The van der Waals surface area contributed by atoms with Gasteiger partial charge in [0.25, 0.3) is 5.91 Å². The summed E-state index contributed by atoms with van der Waals surface area (Å²) in [5, 5.41) is 2.71. The standard InChI is InChI=1S/C21H22FN3O2/c1-11-9-13(22)5-6-14(11)18-8-7-15-16(21(26)23-3)10-17-19(20(15)27-18)24-12(2)25(17)4/h5-6,9-10,18H,7-8H2,1-4H3,(H,23,26)/t18-/m0/s1. The first-order chi connectivity index (χ1) is 12.9. The van der Waals surface area contributed by atoms with Gasteiger partial charge in [0.2, 0.25) is 0 Å². The summed E-state index contributed by atoms with van der Waals surface area (Å²) >= 11 is 0. The Morgan fingerprint density at radius 1 is 1.33 bits per heavy atom. The lowest BCUT2D eigenvalue weighted by Gasteiger charge is -2.29. The predicted octanol–water partition coefficient (Wildman–Crippen LogP) is 3.76. The first-order valence-corrected chi connectivity index (χ1v) is 9.04. The van der Waals surface area contributed by atoms with Crippen LogP contribution in [0.4, 0.5) is 4.39 Å². The molecular weight excluding hydrogens is 345 g/mol. The van der Waals surface area contributed by atoms with Crippen molar-refractivity contribution in [1.82, 2.24) is 14.9 Å². The van der Waals surface area contributed by atoms with Crippen LogP contribution in [0.25, 0.3) is 11.0 Å². The molecule has 1 N–H and O–H groups in total. The lowest BCUT2D eigenvalue weighted by Crippen LogP contribution is -2.23. The third-order valence-electron chi connectivity index (χ3n) is 5.43. The molecule has 0 unspecified atom stereocenters. The van der Waals surface area contributed by atoms with E-state index in [0.717, 1.165) is 40.0 Å². The quantitative estimate of drug-likeness (QED) is 0.750. The van der Waals surface area contributed by atoms with Crippen LogP contribution in [0.5, 0.6) is 5.75 Å². The van der Waals surface area contributed by atoms with Gasteiger partial charge in [0.05, 0.1) is 5.52 Å². The summed E-state index contributed by atoms with van der Waals surface area (Å²) in [6, 6.07) is 6.65. The zero-order valence-corrected chi connectivity index (χ0v) is 15.9. The lowest BCUT2D eigenvalue weighted by atomic mass is 9.91. The Hall–Kier alpha value is -2.89. The maximum Gasteiger partial charge on any atom is 0.251 e. The number of nitrogens with zero attached hydrogens (tertiary/aromatic N) is 2. The van der Waals surface area contributed by atoms with Gasteiger partial charge in [-0.2, -0.15) is 0 Å². The molecule has 0 radical (unpaired) electrons. The SMILES string of the molecule is CNC(=O)c1cc2c(nc(C)n2C)c2c1CC[C@@H](c1ccc(F)cc1C)O2. The summed E-state index contributed by atoms with van der Waals surface area (Å²) in [5.74, 6) is 1.13. The van der Waals surface area contributed by atoms with Crippen LogP contribution in [0.3, 0.4) is 0 Å². The number of carbonyl (C=O) groups is 1. The fraction of sp³-hybridized carbons (Fsp3) is 0.333. The molecule has 1 atom stereocenters. The first kappa shape index (κ1) is 17.5. The van der Waals surface area contributed by atoms with Gasteiger partial charge in [-0.05, 0) is 56.0 Å². The molecule has 4 rings (SSSR count). The number of imidazole rings is 1. The van der Waals surface area contributed by atoms with Crippen LogP contribution in [-0.2, 0) is 13.5 Å². The smallest absolute Gasteiger partial charge is 0.251 e. The van der Waals surface area contributed by atoms with Crippen LogP contribution in [0.15, 0.2) is 24.3 Å². The van der Waals surface area contributed by atoms with Crippen LogP contribution in [0, 0.1) is 19.7 Å². The van der Waals surface area contributed by atoms with Crippen molar-refractivity contribution < 1.29 is 13.9 Å². The average molecular weight is 367 g/mol. The lowest BCUT2D eigenvalue weighted by molar-refractivity contribution is 0.0959. The minimum Gasteiger partial charge on any atom is -0.483 e. The Morgan fingerprint density at radius 3 is 2.81 bits per heavy atom. The Balaban J connectivity index is 1.88. The van der Waals surface area contributed by atoms with E-state index in [1.54, 1.807) is 13.1 Å². The second-order valence-corrected chi connectivity index (χ2v) is 7.04. The summed E-state index contributed by atoms with van der Waals surface area (Å²) in [6.07, 6.45) is 1.23. The number of nitrogens with one attached hydrogen (secondary N) is 1. The highest BCUT2D eigenvalue weighted by molar-refractivity contribution is 6.01. The molecule has 0 bridgehead atoms. The second-order valence-electron chi connectivity index (χ2n) is 7.04. The number of fused-ring (bicyclic) bond motifs is 3. The molecular formula is C21H22FN3O2. The van der Waals surface area contributed by atoms with Crippen molar-refractivity contribution in [3.63, 3.8) is 0 Å². The van der Waals surface area contributed by atoms with Crippen LogP contribution in [0.2, 0.25) is 0 Å². The fourth-order valence-corrected chi connectivity index (χ4v) is 3.86. The van der Waals surface area contributed by atoms with E-state index in [-0.39, 0.29) is 17.8 Å². The number of aromatic nitrogens is 2. The number of rotatable bonds is 2. The van der Waals surface area contributed by atoms with Crippen molar-refractivity contribution in [3.05, 3.63) is 58.2 Å². The van der Waals surface area contributed by atoms with Gasteiger partial charge < -0.3 is 14.6 Å². The topological polar surface area (TPSA) is 56.2 Å². The molecule has 0 saturated heterocycles. The van der Waals surface area contributed by atoms with Gasteiger partial charge in [-0.1, -0.05) is 6.07 Å². The maximum atomic E-state index is 13.5. The number of carbonyl (C=O) groups excluding carboxylic acids is 1. The van der Waals surface area contributed by atoms with Gasteiger partial charge in [-0.25, -0.2) is 9.37 Å². The second kappa shape index (κ2) is 6.37. The number of halogens is 1. The van der Waals surface area contributed by atoms with E-state index in [1.165, 1.54) is 12.1 Å². The molecule has 3 aromatic rings. The number of hydrogen-bond donors (Lipinski definition) is 1. The molecule has 6 heteroatoms. The molecule has 1 aliphatic rings. The molecule has 0 fully saturated rings. The molecule has 0 spiro atoms. The molecule has 0 saturated carbocycles. The minimum atomic E-state index is -0.253.